The van der Waals surface area contributed by atoms with E-state index in [1.807, 2.05) is 41.5 Å². The first-order valence-corrected chi connectivity index (χ1v) is 13.4. The van der Waals surface area contributed by atoms with E-state index < -0.39 is 16.4 Å². The van der Waals surface area contributed by atoms with Crippen LogP contribution in [0.3, 0.4) is 0 Å². The monoisotopic (exact) mass is 476 g/mol. The molecule has 1 N–H and O–H groups in total. The van der Waals surface area contributed by atoms with Gasteiger partial charge in [0.15, 0.2) is 0 Å². The summed E-state index contributed by atoms with van der Waals surface area (Å²) >= 11 is 0. The lowest BCUT2D eigenvalue weighted by molar-refractivity contribution is -0.176. The number of carbonyl (C=O) groups is 3. The highest BCUT2D eigenvalue weighted by molar-refractivity contribution is 5.85. The van der Waals surface area contributed by atoms with Gasteiger partial charge in [0.05, 0.1) is 16.9 Å². The number of ether oxygens (including phenoxy) is 2. The quantitative estimate of drug-likeness (QED) is 0.479. The fourth-order valence-corrected chi connectivity index (χ4v) is 7.48. The third kappa shape index (κ3) is 4.94. The van der Waals surface area contributed by atoms with Crippen LogP contribution in [0.2, 0.25) is 0 Å². The second-order valence-electron chi connectivity index (χ2n) is 13.4. The SMILES string of the molecule is CCC(C)(CC(C)(C)C(=O)OC1CC2CC1CC2=O)C(=O)OC(C)(C)CC1CC2CC1CC2O. The Bertz CT molecular complexity index is 829. The molecule has 8 unspecified atom stereocenters. The minimum Gasteiger partial charge on any atom is -0.462 e. The Morgan fingerprint density at radius 3 is 2.15 bits per heavy atom. The van der Waals surface area contributed by atoms with Gasteiger partial charge in [-0.1, -0.05) is 6.92 Å². The highest BCUT2D eigenvalue weighted by Crippen LogP contribution is 2.51. The third-order valence-electron chi connectivity index (χ3n) is 9.55. The first kappa shape index (κ1) is 25.7. The van der Waals surface area contributed by atoms with Gasteiger partial charge >= 0.3 is 11.9 Å². The van der Waals surface area contributed by atoms with Gasteiger partial charge in [-0.2, -0.15) is 0 Å². The van der Waals surface area contributed by atoms with Crippen molar-refractivity contribution in [1.82, 2.24) is 0 Å². The molecule has 6 heteroatoms. The predicted octanol–water partition coefficient (Wildman–Crippen LogP) is 4.85. The summed E-state index contributed by atoms with van der Waals surface area (Å²) < 4.78 is 12.0. The van der Waals surface area contributed by atoms with E-state index in [2.05, 4.69) is 0 Å². The number of rotatable bonds is 9. The van der Waals surface area contributed by atoms with E-state index in [4.69, 9.17) is 9.47 Å². The van der Waals surface area contributed by atoms with Crippen molar-refractivity contribution in [1.29, 1.82) is 0 Å². The summed E-state index contributed by atoms with van der Waals surface area (Å²) in [6, 6.07) is 0. The molecule has 4 saturated carbocycles. The second kappa shape index (κ2) is 8.90. The van der Waals surface area contributed by atoms with E-state index in [0.717, 1.165) is 32.1 Å². The number of carbonyl (C=O) groups excluding carboxylic acids is 3. The first-order valence-electron chi connectivity index (χ1n) is 13.4. The van der Waals surface area contributed by atoms with Gasteiger partial charge in [-0.25, -0.2) is 0 Å². The number of ketones is 1. The molecule has 0 aromatic carbocycles. The molecule has 4 fully saturated rings. The minimum atomic E-state index is -0.833. The summed E-state index contributed by atoms with van der Waals surface area (Å²) in [6.45, 7) is 11.5. The summed E-state index contributed by atoms with van der Waals surface area (Å²) in [5.41, 5.74) is -2.22. The molecular formula is C28H44O6. The van der Waals surface area contributed by atoms with E-state index in [-0.39, 0.29) is 36.0 Å². The zero-order chi connectivity index (χ0) is 25.1. The Kier molecular flexibility index (Phi) is 6.72. The fraction of sp³-hybridized carbons (Fsp3) is 0.893. The van der Waals surface area contributed by atoms with E-state index in [1.54, 1.807) is 0 Å². The van der Waals surface area contributed by atoms with Crippen LogP contribution in [0, 0.1) is 40.4 Å². The zero-order valence-corrected chi connectivity index (χ0v) is 21.9. The maximum Gasteiger partial charge on any atom is 0.312 e. The summed E-state index contributed by atoms with van der Waals surface area (Å²) in [5, 5.41) is 10.1. The molecule has 0 amide bonds. The smallest absolute Gasteiger partial charge is 0.312 e. The summed E-state index contributed by atoms with van der Waals surface area (Å²) in [5.74, 6) is 1.41. The Hall–Kier alpha value is -1.43. The van der Waals surface area contributed by atoms with Crippen LogP contribution < -0.4 is 0 Å². The van der Waals surface area contributed by atoms with Crippen molar-refractivity contribution >= 4 is 17.7 Å². The largest absolute Gasteiger partial charge is 0.462 e. The van der Waals surface area contributed by atoms with Gasteiger partial charge in [-0.15, -0.1) is 0 Å². The molecule has 0 aliphatic heterocycles. The van der Waals surface area contributed by atoms with Crippen LogP contribution in [0.1, 0.15) is 99.3 Å². The molecule has 4 aliphatic rings. The number of hydrogen-bond donors (Lipinski definition) is 1. The molecule has 0 radical (unpaired) electrons. The molecule has 34 heavy (non-hydrogen) atoms. The normalized spacial score (nSPS) is 36.6. The van der Waals surface area contributed by atoms with E-state index >= 15 is 0 Å². The van der Waals surface area contributed by atoms with Crippen molar-refractivity contribution in [2.24, 2.45) is 40.4 Å². The third-order valence-corrected chi connectivity index (χ3v) is 9.55. The van der Waals surface area contributed by atoms with Crippen molar-refractivity contribution in [2.75, 3.05) is 0 Å². The van der Waals surface area contributed by atoms with E-state index in [9.17, 15) is 19.5 Å². The Labute approximate surface area is 204 Å². The molecule has 0 spiro atoms. The lowest BCUT2D eigenvalue weighted by atomic mass is 9.72. The Morgan fingerprint density at radius 2 is 1.65 bits per heavy atom. The molecule has 6 nitrogen and oxygen atoms in total. The number of aliphatic hydroxyl groups excluding tert-OH is 1. The van der Waals surface area contributed by atoms with Gasteiger partial charge in [0.25, 0.3) is 0 Å². The molecule has 0 aromatic rings. The summed E-state index contributed by atoms with van der Waals surface area (Å²) in [4.78, 5) is 38.4. The van der Waals surface area contributed by atoms with Gasteiger partial charge in [-0.3, -0.25) is 14.4 Å². The molecule has 192 valence electrons. The maximum atomic E-state index is 13.4. The number of esters is 2. The van der Waals surface area contributed by atoms with Gasteiger partial charge in [0.2, 0.25) is 0 Å². The van der Waals surface area contributed by atoms with E-state index in [0.29, 0.717) is 49.2 Å². The molecule has 4 rings (SSSR count). The van der Waals surface area contributed by atoms with Crippen LogP contribution in [-0.4, -0.2) is 40.6 Å². The number of fused-ring (bicyclic) bond motifs is 4. The van der Waals surface area contributed by atoms with Crippen LogP contribution >= 0.6 is 0 Å². The van der Waals surface area contributed by atoms with Crippen LogP contribution in [0.25, 0.3) is 0 Å². The standard InChI is InChI=1S/C28H44O6/c1-7-28(6,15-26(2,3)24(31)33-23-13-18-9-19(23)12-22(18)30)25(32)34-27(4,5)14-20-10-17-8-16(20)11-21(17)29/h16-21,23,29H,7-15H2,1-6H3. The average Bonchev–Trinajstić information content (AvgIpc) is 3.47. The molecular weight excluding hydrogens is 432 g/mol. The Balaban J connectivity index is 1.34. The number of Topliss-reactive ketones (excluding diaryl/α,β-unsaturated/α-hetero) is 1. The number of aliphatic hydroxyl groups is 1. The molecule has 0 heterocycles. The van der Waals surface area contributed by atoms with Crippen molar-refractivity contribution in [3.63, 3.8) is 0 Å². The highest BCUT2D eigenvalue weighted by Gasteiger charge is 2.51. The van der Waals surface area contributed by atoms with Gasteiger partial charge in [0, 0.05) is 18.3 Å². The van der Waals surface area contributed by atoms with Crippen molar-refractivity contribution in [3.05, 3.63) is 0 Å². The van der Waals surface area contributed by atoms with Gasteiger partial charge in [0.1, 0.15) is 17.5 Å². The highest BCUT2D eigenvalue weighted by atomic mass is 16.6. The van der Waals surface area contributed by atoms with Crippen molar-refractivity contribution in [3.8, 4) is 0 Å². The molecule has 0 aromatic heterocycles. The topological polar surface area (TPSA) is 89.9 Å². The lowest BCUT2D eigenvalue weighted by Crippen LogP contribution is -2.43. The van der Waals surface area contributed by atoms with Crippen LogP contribution in [-0.2, 0) is 23.9 Å². The Morgan fingerprint density at radius 1 is 0.941 bits per heavy atom. The van der Waals surface area contributed by atoms with Crippen molar-refractivity contribution < 1.29 is 29.0 Å². The van der Waals surface area contributed by atoms with E-state index in [1.165, 1.54) is 0 Å². The van der Waals surface area contributed by atoms with Crippen LogP contribution in [0.5, 0.6) is 0 Å². The zero-order valence-electron chi connectivity index (χ0n) is 21.9. The van der Waals surface area contributed by atoms with Crippen LogP contribution in [0.15, 0.2) is 0 Å². The molecule has 0 saturated heterocycles. The summed E-state index contributed by atoms with van der Waals surface area (Å²) in [6.07, 6.45) is 6.40. The number of hydrogen-bond acceptors (Lipinski definition) is 6. The fourth-order valence-electron chi connectivity index (χ4n) is 7.48. The van der Waals surface area contributed by atoms with Crippen molar-refractivity contribution in [2.45, 2.75) is 117 Å². The van der Waals surface area contributed by atoms with Gasteiger partial charge in [-0.05, 0) is 104 Å². The summed E-state index contributed by atoms with van der Waals surface area (Å²) in [7, 11) is 0. The molecule has 4 bridgehead atoms. The van der Waals surface area contributed by atoms with Crippen LogP contribution in [0.4, 0.5) is 0 Å². The predicted molar refractivity (Wildman–Crippen MR) is 128 cm³/mol. The first-order chi connectivity index (χ1) is 15.7. The lowest BCUT2D eigenvalue weighted by Gasteiger charge is -2.38. The van der Waals surface area contributed by atoms with Gasteiger partial charge < -0.3 is 14.6 Å². The second-order valence-corrected chi connectivity index (χ2v) is 13.4. The molecule has 4 aliphatic carbocycles. The molecule has 8 atom stereocenters. The minimum absolute atomic E-state index is 0.0578. The maximum absolute atomic E-state index is 13.4. The average molecular weight is 477 g/mol.